The number of hydrogen-bond acceptors (Lipinski definition) is 5. The van der Waals surface area contributed by atoms with E-state index in [1.165, 1.54) is 13.3 Å². The zero-order valence-corrected chi connectivity index (χ0v) is 12.0. The van der Waals surface area contributed by atoms with Crippen LogP contribution in [0.5, 0.6) is 11.5 Å². The van der Waals surface area contributed by atoms with Crippen LogP contribution >= 0.6 is 0 Å². The monoisotopic (exact) mass is 293 g/mol. The fourth-order valence-corrected chi connectivity index (χ4v) is 2.10. The lowest BCUT2D eigenvalue weighted by molar-refractivity contribution is 0.373. The highest BCUT2D eigenvalue weighted by molar-refractivity contribution is 5.85. The van der Waals surface area contributed by atoms with E-state index in [0.29, 0.717) is 17.1 Å². The minimum atomic E-state index is 0.0574. The number of anilines is 1. The molecule has 0 unspecified atom stereocenters. The molecule has 0 saturated heterocycles. The van der Waals surface area contributed by atoms with E-state index in [9.17, 15) is 5.11 Å². The number of hydrogen-bond donors (Lipinski definition) is 2. The van der Waals surface area contributed by atoms with E-state index in [0.717, 1.165) is 10.9 Å². The van der Waals surface area contributed by atoms with Crippen LogP contribution in [-0.4, -0.2) is 23.4 Å². The van der Waals surface area contributed by atoms with Crippen molar-refractivity contribution in [1.82, 2.24) is 4.98 Å². The Hall–Kier alpha value is -3.08. The number of phenols is 1. The number of phenolic OH excluding ortho intramolecular Hbond substituents is 1. The van der Waals surface area contributed by atoms with Gasteiger partial charge in [-0.2, -0.15) is 5.10 Å². The summed E-state index contributed by atoms with van der Waals surface area (Å²) >= 11 is 0. The van der Waals surface area contributed by atoms with Crippen molar-refractivity contribution in [2.75, 3.05) is 12.5 Å². The van der Waals surface area contributed by atoms with Gasteiger partial charge in [0.2, 0.25) is 0 Å². The molecule has 0 atom stereocenters. The zero-order chi connectivity index (χ0) is 15.4. The Labute approximate surface area is 127 Å². The maximum Gasteiger partial charge on any atom is 0.166 e. The molecular weight excluding hydrogens is 278 g/mol. The van der Waals surface area contributed by atoms with Crippen molar-refractivity contribution in [1.29, 1.82) is 0 Å². The Balaban J connectivity index is 1.78. The summed E-state index contributed by atoms with van der Waals surface area (Å²) < 4.78 is 5.05. The molecule has 1 aromatic heterocycles. The number of rotatable bonds is 4. The molecule has 2 aromatic carbocycles. The summed E-state index contributed by atoms with van der Waals surface area (Å²) in [5.74, 6) is 1.10. The predicted octanol–water partition coefficient (Wildman–Crippen LogP) is 3.40. The van der Waals surface area contributed by atoms with Crippen molar-refractivity contribution in [3.05, 3.63) is 60.2 Å². The van der Waals surface area contributed by atoms with Crippen LogP contribution < -0.4 is 10.2 Å². The first kappa shape index (κ1) is 13.9. The lowest BCUT2D eigenvalue weighted by Crippen LogP contribution is -1.94. The lowest BCUT2D eigenvalue weighted by Gasteiger charge is -2.05. The number of methoxy groups -OCH3 is 1. The summed E-state index contributed by atoms with van der Waals surface area (Å²) in [6.07, 6.45) is 1.52. The average Bonchev–Trinajstić information content (AvgIpc) is 2.56. The van der Waals surface area contributed by atoms with Crippen LogP contribution in [0.2, 0.25) is 0 Å². The number of hydrazone groups is 1. The maximum atomic E-state index is 9.97. The quantitative estimate of drug-likeness (QED) is 0.571. The molecule has 110 valence electrons. The van der Waals surface area contributed by atoms with Crippen LogP contribution in [0.1, 0.15) is 5.56 Å². The number of nitrogens with zero attached hydrogens (tertiary/aromatic N) is 2. The largest absolute Gasteiger partial charge is 0.504 e. The average molecular weight is 293 g/mol. The zero-order valence-electron chi connectivity index (χ0n) is 12.0. The molecule has 5 nitrogen and oxygen atoms in total. The summed E-state index contributed by atoms with van der Waals surface area (Å²) in [5.41, 5.74) is 4.31. The molecule has 0 saturated carbocycles. The van der Waals surface area contributed by atoms with Crippen LogP contribution in [-0.2, 0) is 0 Å². The second-order valence-corrected chi connectivity index (χ2v) is 4.66. The van der Waals surface area contributed by atoms with Crippen LogP contribution in [0.25, 0.3) is 10.9 Å². The molecule has 2 N–H and O–H groups in total. The summed E-state index contributed by atoms with van der Waals surface area (Å²) in [6, 6.07) is 16.9. The summed E-state index contributed by atoms with van der Waals surface area (Å²) in [6.45, 7) is 0. The Bertz CT molecular complexity index is 831. The first-order valence-electron chi connectivity index (χ1n) is 6.79. The molecule has 0 aliphatic rings. The predicted molar refractivity (Wildman–Crippen MR) is 87.6 cm³/mol. The van der Waals surface area contributed by atoms with Gasteiger partial charge < -0.3 is 9.84 Å². The van der Waals surface area contributed by atoms with Gasteiger partial charge in [0.15, 0.2) is 11.5 Å². The van der Waals surface area contributed by atoms with Crippen LogP contribution in [0.3, 0.4) is 0 Å². The minimum absolute atomic E-state index is 0.0574. The van der Waals surface area contributed by atoms with Crippen molar-refractivity contribution in [3.8, 4) is 11.5 Å². The second-order valence-electron chi connectivity index (χ2n) is 4.66. The number of nitrogens with one attached hydrogen (secondary N) is 1. The van der Waals surface area contributed by atoms with Crippen molar-refractivity contribution in [2.24, 2.45) is 5.10 Å². The van der Waals surface area contributed by atoms with Crippen LogP contribution in [0, 0.1) is 0 Å². The molecule has 0 bridgehead atoms. The van der Waals surface area contributed by atoms with E-state index >= 15 is 0 Å². The third-order valence-corrected chi connectivity index (χ3v) is 3.23. The first-order valence-corrected chi connectivity index (χ1v) is 6.79. The molecule has 3 aromatic rings. The van der Waals surface area contributed by atoms with Gasteiger partial charge in [-0.3, -0.25) is 5.43 Å². The van der Waals surface area contributed by atoms with Gasteiger partial charge in [-0.05, 0) is 30.3 Å². The van der Waals surface area contributed by atoms with Gasteiger partial charge in [-0.15, -0.1) is 0 Å². The third kappa shape index (κ3) is 2.83. The third-order valence-electron chi connectivity index (χ3n) is 3.23. The molecule has 0 aliphatic carbocycles. The van der Waals surface area contributed by atoms with Crippen LogP contribution in [0.15, 0.2) is 59.7 Å². The van der Waals surface area contributed by atoms with Gasteiger partial charge >= 0.3 is 0 Å². The second kappa shape index (κ2) is 6.13. The Kier molecular flexibility index (Phi) is 3.87. The lowest BCUT2D eigenvalue weighted by atomic mass is 10.2. The molecule has 0 amide bonds. The number of para-hydroxylation sites is 2. The Morgan fingerprint density at radius 1 is 1.09 bits per heavy atom. The maximum absolute atomic E-state index is 9.97. The summed E-state index contributed by atoms with van der Waals surface area (Å²) in [7, 11) is 1.51. The highest BCUT2D eigenvalue weighted by Gasteiger charge is 2.04. The smallest absolute Gasteiger partial charge is 0.166 e. The van der Waals surface area contributed by atoms with E-state index in [4.69, 9.17) is 4.74 Å². The first-order chi connectivity index (χ1) is 10.8. The number of aromatic nitrogens is 1. The van der Waals surface area contributed by atoms with Crippen molar-refractivity contribution >= 4 is 22.9 Å². The van der Waals surface area contributed by atoms with E-state index in [-0.39, 0.29) is 5.75 Å². The van der Waals surface area contributed by atoms with Gasteiger partial charge in [0.25, 0.3) is 0 Å². The standard InChI is InChI=1S/C17H15N3O2/c1-22-15-8-4-6-13(17(15)21)11-18-20-16-10-9-12-5-2-3-7-14(12)19-16/h2-11,21H,1H3,(H,19,20)/b18-11+. The Morgan fingerprint density at radius 3 is 2.82 bits per heavy atom. The molecule has 0 radical (unpaired) electrons. The van der Waals surface area contributed by atoms with E-state index < -0.39 is 0 Å². The molecule has 0 fully saturated rings. The number of fused-ring (bicyclic) bond motifs is 1. The molecule has 3 rings (SSSR count). The molecular formula is C17H15N3O2. The number of ether oxygens (including phenoxy) is 1. The van der Waals surface area contributed by atoms with Gasteiger partial charge in [0.1, 0.15) is 5.82 Å². The number of aromatic hydroxyl groups is 1. The van der Waals surface area contributed by atoms with Crippen molar-refractivity contribution in [3.63, 3.8) is 0 Å². The van der Waals surface area contributed by atoms with E-state index in [1.54, 1.807) is 18.2 Å². The number of pyridine rings is 1. The van der Waals surface area contributed by atoms with Gasteiger partial charge in [0.05, 0.1) is 18.8 Å². The molecule has 0 aliphatic heterocycles. The van der Waals surface area contributed by atoms with Gasteiger partial charge in [-0.25, -0.2) is 4.98 Å². The van der Waals surface area contributed by atoms with Gasteiger partial charge in [0, 0.05) is 10.9 Å². The van der Waals surface area contributed by atoms with Crippen molar-refractivity contribution < 1.29 is 9.84 Å². The number of benzene rings is 2. The Morgan fingerprint density at radius 2 is 1.95 bits per heavy atom. The molecule has 0 spiro atoms. The fourth-order valence-electron chi connectivity index (χ4n) is 2.10. The topological polar surface area (TPSA) is 66.7 Å². The van der Waals surface area contributed by atoms with Crippen LogP contribution in [0.4, 0.5) is 5.82 Å². The highest BCUT2D eigenvalue weighted by Crippen LogP contribution is 2.28. The van der Waals surface area contributed by atoms with Crippen molar-refractivity contribution in [2.45, 2.75) is 0 Å². The molecule has 1 heterocycles. The fraction of sp³-hybridized carbons (Fsp3) is 0.0588. The minimum Gasteiger partial charge on any atom is -0.504 e. The highest BCUT2D eigenvalue weighted by atomic mass is 16.5. The van der Waals surface area contributed by atoms with E-state index in [1.807, 2.05) is 36.4 Å². The molecule has 5 heteroatoms. The SMILES string of the molecule is COc1cccc(/C=N/Nc2ccc3ccccc3n2)c1O. The van der Waals surface area contributed by atoms with Gasteiger partial charge in [-0.1, -0.05) is 24.3 Å². The summed E-state index contributed by atoms with van der Waals surface area (Å²) in [5, 5.41) is 15.1. The molecule has 22 heavy (non-hydrogen) atoms. The normalized spacial score (nSPS) is 11.0. The summed E-state index contributed by atoms with van der Waals surface area (Å²) in [4.78, 5) is 4.45. The van der Waals surface area contributed by atoms with E-state index in [2.05, 4.69) is 15.5 Å².